The molecule has 20 heavy (non-hydrogen) atoms. The number of halogens is 1. The number of carbonyl (C=O) groups excluding carboxylic acids is 1. The average molecular weight is 280 g/mol. The predicted octanol–water partition coefficient (Wildman–Crippen LogP) is 2.54. The van der Waals surface area contributed by atoms with Gasteiger partial charge in [0.1, 0.15) is 11.4 Å². The topological polar surface area (TPSA) is 55.6 Å². The van der Waals surface area contributed by atoms with Crippen LogP contribution in [0.5, 0.6) is 0 Å². The molecule has 4 nitrogen and oxygen atoms in total. The molecule has 2 N–H and O–H groups in total. The van der Waals surface area contributed by atoms with Crippen molar-refractivity contribution in [2.45, 2.75) is 38.8 Å². The number of hydrogen-bond acceptors (Lipinski definition) is 3. The summed E-state index contributed by atoms with van der Waals surface area (Å²) in [5, 5.41) is 0. The van der Waals surface area contributed by atoms with Crippen molar-refractivity contribution in [3.05, 3.63) is 35.1 Å². The molecule has 1 amide bonds. The first-order chi connectivity index (χ1) is 9.11. The van der Waals surface area contributed by atoms with Crippen molar-refractivity contribution in [1.29, 1.82) is 0 Å². The lowest BCUT2D eigenvalue weighted by atomic mass is 9.83. The highest BCUT2D eigenvalue weighted by Gasteiger charge is 2.45. The Balaban J connectivity index is 2.03. The Bertz CT molecular complexity index is 531. The maximum atomic E-state index is 13.6. The molecule has 0 saturated carbocycles. The number of aryl methyl sites for hydroxylation is 1. The Morgan fingerprint density at radius 2 is 2.00 bits per heavy atom. The molecule has 1 saturated heterocycles. The summed E-state index contributed by atoms with van der Waals surface area (Å²) in [5.41, 5.74) is 6.29. The minimum Gasteiger partial charge on any atom is -0.444 e. The molecule has 0 aliphatic carbocycles. The number of nitrogens with two attached hydrogens (primary N) is 1. The molecule has 0 spiro atoms. The largest absolute Gasteiger partial charge is 0.444 e. The van der Waals surface area contributed by atoms with Gasteiger partial charge in [0.05, 0.1) is 5.54 Å². The van der Waals surface area contributed by atoms with Gasteiger partial charge >= 0.3 is 6.09 Å². The van der Waals surface area contributed by atoms with Crippen LogP contribution in [0.4, 0.5) is 9.18 Å². The molecule has 2 rings (SSSR count). The lowest BCUT2D eigenvalue weighted by Crippen LogP contribution is -2.66. The Kier molecular flexibility index (Phi) is 3.50. The van der Waals surface area contributed by atoms with E-state index in [1.54, 1.807) is 13.0 Å². The molecule has 0 unspecified atom stereocenters. The maximum absolute atomic E-state index is 13.6. The lowest BCUT2D eigenvalue weighted by molar-refractivity contribution is -0.00892. The summed E-state index contributed by atoms with van der Waals surface area (Å²) in [6.45, 7) is 7.83. The van der Waals surface area contributed by atoms with Gasteiger partial charge in [-0.3, -0.25) is 0 Å². The van der Waals surface area contributed by atoms with Crippen molar-refractivity contribution in [3.63, 3.8) is 0 Å². The summed E-state index contributed by atoms with van der Waals surface area (Å²) in [7, 11) is 0. The number of nitrogens with zero attached hydrogens (tertiary/aromatic N) is 1. The fourth-order valence-corrected chi connectivity index (χ4v) is 2.18. The molecule has 0 aromatic heterocycles. The first-order valence-electron chi connectivity index (χ1n) is 6.64. The van der Waals surface area contributed by atoms with E-state index >= 15 is 0 Å². The average Bonchev–Trinajstić information content (AvgIpc) is 2.26. The first-order valence-corrected chi connectivity index (χ1v) is 6.64. The van der Waals surface area contributed by atoms with Crippen molar-refractivity contribution in [2.75, 3.05) is 13.1 Å². The van der Waals surface area contributed by atoms with Crippen LogP contribution in [0.2, 0.25) is 0 Å². The van der Waals surface area contributed by atoms with E-state index in [1.807, 2.05) is 26.8 Å². The van der Waals surface area contributed by atoms with Crippen molar-refractivity contribution >= 4 is 6.09 Å². The van der Waals surface area contributed by atoms with Gasteiger partial charge in [-0.2, -0.15) is 0 Å². The number of rotatable bonds is 1. The quantitative estimate of drug-likeness (QED) is 0.860. The van der Waals surface area contributed by atoms with E-state index < -0.39 is 11.1 Å². The number of hydrogen-bond donors (Lipinski definition) is 1. The van der Waals surface area contributed by atoms with Crippen LogP contribution in [0.3, 0.4) is 0 Å². The minimum atomic E-state index is -0.689. The molecule has 110 valence electrons. The van der Waals surface area contributed by atoms with Gasteiger partial charge in [0, 0.05) is 13.1 Å². The lowest BCUT2D eigenvalue weighted by Gasteiger charge is -2.47. The van der Waals surface area contributed by atoms with Crippen LogP contribution in [0.1, 0.15) is 31.9 Å². The van der Waals surface area contributed by atoms with E-state index in [0.29, 0.717) is 24.2 Å². The second-order valence-corrected chi connectivity index (χ2v) is 6.46. The Morgan fingerprint density at radius 3 is 2.50 bits per heavy atom. The maximum Gasteiger partial charge on any atom is 0.410 e. The summed E-state index contributed by atoms with van der Waals surface area (Å²) < 4.78 is 18.9. The summed E-state index contributed by atoms with van der Waals surface area (Å²) in [6.07, 6.45) is -0.383. The van der Waals surface area contributed by atoms with Gasteiger partial charge < -0.3 is 15.4 Å². The molecule has 1 aliphatic heterocycles. The van der Waals surface area contributed by atoms with Gasteiger partial charge in [-0.25, -0.2) is 9.18 Å². The third-order valence-corrected chi connectivity index (χ3v) is 3.34. The molecule has 0 atom stereocenters. The van der Waals surface area contributed by atoms with E-state index in [2.05, 4.69) is 0 Å². The van der Waals surface area contributed by atoms with Crippen LogP contribution in [-0.2, 0) is 10.3 Å². The monoisotopic (exact) mass is 280 g/mol. The summed E-state index contributed by atoms with van der Waals surface area (Å²) >= 11 is 0. The van der Waals surface area contributed by atoms with Gasteiger partial charge in [0.25, 0.3) is 0 Å². The van der Waals surface area contributed by atoms with E-state index in [4.69, 9.17) is 10.5 Å². The molecular weight excluding hydrogens is 259 g/mol. The van der Waals surface area contributed by atoms with E-state index in [0.717, 1.165) is 0 Å². The van der Waals surface area contributed by atoms with Crippen LogP contribution in [-0.4, -0.2) is 29.7 Å². The molecule has 0 bridgehead atoms. The highest BCUT2D eigenvalue weighted by Crippen LogP contribution is 2.31. The van der Waals surface area contributed by atoms with Crippen molar-refractivity contribution in [1.82, 2.24) is 4.90 Å². The first kappa shape index (κ1) is 14.8. The predicted molar refractivity (Wildman–Crippen MR) is 74.8 cm³/mol. The van der Waals surface area contributed by atoms with E-state index in [1.165, 1.54) is 11.0 Å². The summed E-state index contributed by atoms with van der Waals surface area (Å²) in [6, 6.07) is 4.96. The standard InChI is InChI=1S/C15H21FN2O2/c1-10-5-6-11(7-12(10)16)15(17)8-18(9-15)13(19)20-14(2,3)4/h5-7H,8-9,17H2,1-4H3. The number of likely N-dealkylation sites (tertiary alicyclic amines) is 1. The van der Waals surface area contributed by atoms with Gasteiger partial charge in [0.2, 0.25) is 0 Å². The van der Waals surface area contributed by atoms with Gasteiger partial charge in [-0.05, 0) is 44.9 Å². The molecule has 1 fully saturated rings. The third kappa shape index (κ3) is 2.93. The van der Waals surface area contributed by atoms with E-state index in [-0.39, 0.29) is 11.9 Å². The molecule has 1 heterocycles. The molecule has 1 aromatic rings. The highest BCUT2D eigenvalue weighted by atomic mass is 19.1. The Labute approximate surface area is 118 Å². The number of amides is 1. The molecule has 5 heteroatoms. The summed E-state index contributed by atoms with van der Waals surface area (Å²) in [4.78, 5) is 13.4. The smallest absolute Gasteiger partial charge is 0.410 e. The van der Waals surface area contributed by atoms with Crippen LogP contribution in [0, 0.1) is 12.7 Å². The zero-order valence-corrected chi connectivity index (χ0v) is 12.4. The van der Waals surface area contributed by atoms with Gasteiger partial charge in [-0.1, -0.05) is 12.1 Å². The SMILES string of the molecule is Cc1ccc(C2(N)CN(C(=O)OC(C)(C)C)C2)cc1F. The minimum absolute atomic E-state index is 0.275. The third-order valence-electron chi connectivity index (χ3n) is 3.34. The number of benzene rings is 1. The van der Waals surface area contributed by atoms with Crippen molar-refractivity contribution < 1.29 is 13.9 Å². The fourth-order valence-electron chi connectivity index (χ4n) is 2.18. The fraction of sp³-hybridized carbons (Fsp3) is 0.533. The van der Waals surface area contributed by atoms with Crippen LogP contribution in [0.15, 0.2) is 18.2 Å². The summed E-state index contributed by atoms with van der Waals surface area (Å²) in [5.74, 6) is -0.275. The Morgan fingerprint density at radius 1 is 1.40 bits per heavy atom. The van der Waals surface area contributed by atoms with Crippen LogP contribution in [0.25, 0.3) is 0 Å². The van der Waals surface area contributed by atoms with Crippen molar-refractivity contribution in [2.24, 2.45) is 5.73 Å². The number of carbonyl (C=O) groups is 1. The number of ether oxygens (including phenoxy) is 1. The van der Waals surface area contributed by atoms with Gasteiger partial charge in [0.15, 0.2) is 0 Å². The molecule has 0 radical (unpaired) electrons. The second kappa shape index (κ2) is 4.74. The Hall–Kier alpha value is -1.62. The van der Waals surface area contributed by atoms with Gasteiger partial charge in [-0.15, -0.1) is 0 Å². The molecular formula is C15H21FN2O2. The van der Waals surface area contributed by atoms with Crippen molar-refractivity contribution in [3.8, 4) is 0 Å². The molecule has 1 aliphatic rings. The molecule has 1 aromatic carbocycles. The van der Waals surface area contributed by atoms with E-state index in [9.17, 15) is 9.18 Å². The van der Waals surface area contributed by atoms with Crippen LogP contribution >= 0.6 is 0 Å². The highest BCUT2D eigenvalue weighted by molar-refractivity contribution is 5.70. The second-order valence-electron chi connectivity index (χ2n) is 6.46. The zero-order chi connectivity index (χ0) is 15.1. The normalized spacial score (nSPS) is 17.6. The zero-order valence-electron chi connectivity index (χ0n) is 12.4. The van der Waals surface area contributed by atoms with Crippen LogP contribution < -0.4 is 5.73 Å².